The predicted octanol–water partition coefficient (Wildman–Crippen LogP) is 24.2. The van der Waals surface area contributed by atoms with Gasteiger partial charge in [0, 0.05) is 19.3 Å². The zero-order valence-corrected chi connectivity index (χ0v) is 53.0. The Hall–Kier alpha value is -2.11. The Morgan fingerprint density at radius 1 is 0.244 bits per heavy atom. The van der Waals surface area contributed by atoms with Crippen LogP contribution < -0.4 is 0 Å². The Labute approximate surface area is 487 Å². The minimum absolute atomic E-state index is 0.0690. The third-order valence-electron chi connectivity index (χ3n) is 16.2. The lowest BCUT2D eigenvalue weighted by Gasteiger charge is -2.18. The average Bonchev–Trinajstić information content (AvgIpc) is 3.44. The van der Waals surface area contributed by atoms with Crippen molar-refractivity contribution in [2.75, 3.05) is 13.2 Å². The molecule has 78 heavy (non-hydrogen) atoms. The first-order valence-electron chi connectivity index (χ1n) is 35.3. The second-order valence-electron chi connectivity index (χ2n) is 24.1. The molecule has 1 unspecified atom stereocenters. The van der Waals surface area contributed by atoms with Crippen LogP contribution in [0.3, 0.4) is 0 Å². The van der Waals surface area contributed by atoms with E-state index in [9.17, 15) is 14.4 Å². The van der Waals surface area contributed by atoms with E-state index in [1.54, 1.807) is 0 Å². The molecule has 0 spiro atoms. The molecule has 6 nitrogen and oxygen atoms in total. The molecule has 0 aliphatic rings. The predicted molar refractivity (Wildman–Crippen MR) is 340 cm³/mol. The van der Waals surface area contributed by atoms with E-state index in [2.05, 4.69) is 45.1 Å². The van der Waals surface area contributed by atoms with Crippen molar-refractivity contribution in [2.24, 2.45) is 0 Å². The van der Waals surface area contributed by atoms with Gasteiger partial charge in [-0.25, -0.2) is 0 Å². The smallest absolute Gasteiger partial charge is 0.306 e. The van der Waals surface area contributed by atoms with Crippen LogP contribution in [-0.4, -0.2) is 37.2 Å². The van der Waals surface area contributed by atoms with E-state index in [-0.39, 0.29) is 31.1 Å². The maximum Gasteiger partial charge on any atom is 0.306 e. The van der Waals surface area contributed by atoms with Gasteiger partial charge in [-0.2, -0.15) is 0 Å². The largest absolute Gasteiger partial charge is 0.462 e. The van der Waals surface area contributed by atoms with Gasteiger partial charge in [0.1, 0.15) is 13.2 Å². The summed E-state index contributed by atoms with van der Waals surface area (Å²) in [6.07, 6.45) is 82.1. The lowest BCUT2D eigenvalue weighted by atomic mass is 10.0. The molecule has 0 heterocycles. The fraction of sp³-hybridized carbons (Fsp3) is 0.903. The van der Waals surface area contributed by atoms with Crippen molar-refractivity contribution in [2.45, 2.75) is 406 Å². The Bertz CT molecular complexity index is 1260. The highest BCUT2D eigenvalue weighted by molar-refractivity contribution is 5.71. The van der Waals surface area contributed by atoms with Gasteiger partial charge < -0.3 is 14.2 Å². The summed E-state index contributed by atoms with van der Waals surface area (Å²) >= 11 is 0. The molecule has 0 fully saturated rings. The zero-order valence-electron chi connectivity index (χ0n) is 53.0. The second-order valence-corrected chi connectivity index (χ2v) is 24.1. The molecule has 0 aromatic carbocycles. The lowest BCUT2D eigenvalue weighted by molar-refractivity contribution is -0.167. The third kappa shape index (κ3) is 64.7. The molecule has 0 saturated heterocycles. The molecule has 0 aliphatic carbocycles. The van der Waals surface area contributed by atoms with Gasteiger partial charge in [-0.05, 0) is 70.6 Å². The van der Waals surface area contributed by atoms with Crippen LogP contribution in [0.15, 0.2) is 24.3 Å². The Balaban J connectivity index is 4.24. The van der Waals surface area contributed by atoms with Crippen molar-refractivity contribution in [1.82, 2.24) is 0 Å². The van der Waals surface area contributed by atoms with E-state index in [0.29, 0.717) is 19.3 Å². The zero-order chi connectivity index (χ0) is 56.4. The van der Waals surface area contributed by atoms with Crippen LogP contribution in [0, 0.1) is 0 Å². The molecule has 0 saturated carbocycles. The fourth-order valence-electron chi connectivity index (χ4n) is 10.8. The van der Waals surface area contributed by atoms with E-state index >= 15 is 0 Å². The standard InChI is InChI=1S/C72H136O6/c1-4-7-10-13-16-19-22-25-28-31-32-33-34-35-36-37-38-39-42-44-47-50-53-56-59-62-65-71(74)77-68-69(78-72(75)66-63-60-57-54-51-48-45-41-30-27-24-21-18-15-12-9-6-3)67-76-70(73)64-61-58-55-52-49-46-43-40-29-26-23-20-17-14-11-8-5-2/h26-27,29-30,69H,4-25,28,31-68H2,1-3H3/b29-26-,30-27-. The van der Waals surface area contributed by atoms with Gasteiger partial charge in [0.15, 0.2) is 6.10 Å². The molecule has 0 rings (SSSR count). The quantitative estimate of drug-likeness (QED) is 0.0261. The molecule has 6 heteroatoms. The molecule has 0 aliphatic heterocycles. The van der Waals surface area contributed by atoms with Crippen molar-refractivity contribution in [3.05, 3.63) is 24.3 Å². The summed E-state index contributed by atoms with van der Waals surface area (Å²) in [6, 6.07) is 0. The van der Waals surface area contributed by atoms with Crippen LogP contribution >= 0.6 is 0 Å². The SMILES string of the molecule is CCCCCCCC/C=C\CCCCCCCCCC(=O)OCC(COC(=O)CCCCCCCCCCCCCCCCCCCCCCCCCCCC)OC(=O)CCCCCCCCC/C=C\CCCCCCCC. The minimum Gasteiger partial charge on any atom is -0.462 e. The van der Waals surface area contributed by atoms with Crippen LogP contribution in [0.1, 0.15) is 400 Å². The number of carbonyl (C=O) groups excluding carboxylic acids is 3. The first-order chi connectivity index (χ1) is 38.5. The van der Waals surface area contributed by atoms with Crippen molar-refractivity contribution >= 4 is 17.9 Å². The van der Waals surface area contributed by atoms with Gasteiger partial charge in [-0.1, -0.05) is 334 Å². The molecule has 0 bridgehead atoms. The van der Waals surface area contributed by atoms with Crippen molar-refractivity contribution < 1.29 is 28.6 Å². The van der Waals surface area contributed by atoms with Crippen molar-refractivity contribution in [3.8, 4) is 0 Å². The maximum atomic E-state index is 12.9. The number of hydrogen-bond acceptors (Lipinski definition) is 6. The monoisotopic (exact) mass is 1100 g/mol. The van der Waals surface area contributed by atoms with Crippen LogP contribution in [0.4, 0.5) is 0 Å². The highest BCUT2D eigenvalue weighted by atomic mass is 16.6. The third-order valence-corrected chi connectivity index (χ3v) is 16.2. The lowest BCUT2D eigenvalue weighted by Crippen LogP contribution is -2.30. The number of hydrogen-bond donors (Lipinski definition) is 0. The van der Waals surface area contributed by atoms with Gasteiger partial charge in [0.2, 0.25) is 0 Å². The highest BCUT2D eigenvalue weighted by Crippen LogP contribution is 2.19. The van der Waals surface area contributed by atoms with Crippen LogP contribution in [-0.2, 0) is 28.6 Å². The van der Waals surface area contributed by atoms with Gasteiger partial charge >= 0.3 is 17.9 Å². The molecule has 1 atom stereocenters. The van der Waals surface area contributed by atoms with E-state index in [1.165, 1.54) is 302 Å². The normalized spacial score (nSPS) is 12.1. The number of ether oxygens (including phenoxy) is 3. The van der Waals surface area contributed by atoms with Crippen LogP contribution in [0.25, 0.3) is 0 Å². The molecular formula is C72H136O6. The molecule has 0 aromatic rings. The van der Waals surface area contributed by atoms with Gasteiger partial charge in [-0.3, -0.25) is 14.4 Å². The molecule has 0 radical (unpaired) electrons. The van der Waals surface area contributed by atoms with Crippen LogP contribution in [0.2, 0.25) is 0 Å². The second kappa shape index (κ2) is 67.4. The number of carbonyl (C=O) groups is 3. The van der Waals surface area contributed by atoms with Gasteiger partial charge in [0.25, 0.3) is 0 Å². The molecule has 0 aromatic heterocycles. The van der Waals surface area contributed by atoms with Crippen molar-refractivity contribution in [1.29, 1.82) is 0 Å². The summed E-state index contributed by atoms with van der Waals surface area (Å²) < 4.78 is 17.0. The number of esters is 3. The topological polar surface area (TPSA) is 78.9 Å². The van der Waals surface area contributed by atoms with Crippen molar-refractivity contribution in [3.63, 3.8) is 0 Å². The average molecular weight is 1100 g/mol. The van der Waals surface area contributed by atoms with E-state index in [1.807, 2.05) is 0 Å². The summed E-state index contributed by atoms with van der Waals surface area (Å²) in [4.78, 5) is 38.4. The summed E-state index contributed by atoms with van der Waals surface area (Å²) in [6.45, 7) is 6.71. The molecule has 460 valence electrons. The van der Waals surface area contributed by atoms with Gasteiger partial charge in [-0.15, -0.1) is 0 Å². The highest BCUT2D eigenvalue weighted by Gasteiger charge is 2.19. The molecular weight excluding hydrogens is 961 g/mol. The summed E-state index contributed by atoms with van der Waals surface area (Å²) in [5.74, 6) is -0.847. The van der Waals surface area contributed by atoms with Gasteiger partial charge in [0.05, 0.1) is 0 Å². The van der Waals surface area contributed by atoms with E-state index in [4.69, 9.17) is 14.2 Å². The summed E-state index contributed by atoms with van der Waals surface area (Å²) in [7, 11) is 0. The number of unbranched alkanes of at least 4 members (excludes halogenated alkanes) is 51. The Morgan fingerprint density at radius 2 is 0.423 bits per heavy atom. The molecule has 0 N–H and O–H groups in total. The summed E-state index contributed by atoms with van der Waals surface area (Å²) in [5.41, 5.74) is 0. The number of rotatable bonds is 66. The maximum absolute atomic E-state index is 12.9. The minimum atomic E-state index is -0.774. The first kappa shape index (κ1) is 75.9. The van der Waals surface area contributed by atoms with Crippen LogP contribution in [0.5, 0.6) is 0 Å². The first-order valence-corrected chi connectivity index (χ1v) is 35.3. The fourth-order valence-corrected chi connectivity index (χ4v) is 10.8. The summed E-state index contributed by atoms with van der Waals surface area (Å²) in [5, 5.41) is 0. The Morgan fingerprint density at radius 3 is 0.641 bits per heavy atom. The van der Waals surface area contributed by atoms with E-state index < -0.39 is 6.10 Å². The molecule has 0 amide bonds. The van der Waals surface area contributed by atoms with E-state index in [0.717, 1.165) is 57.8 Å². The Kier molecular flexibility index (Phi) is 65.6. The number of allylic oxidation sites excluding steroid dienone is 4.